The van der Waals surface area contributed by atoms with E-state index >= 15 is 0 Å². The lowest BCUT2D eigenvalue weighted by atomic mass is 10.1. The average Bonchev–Trinajstić information content (AvgIpc) is 3.32. The molecule has 0 aliphatic rings. The van der Waals surface area contributed by atoms with Crippen LogP contribution < -0.4 is 5.73 Å². The van der Waals surface area contributed by atoms with Crippen molar-refractivity contribution in [2.75, 3.05) is 12.3 Å². The Bertz CT molecular complexity index is 1390. The van der Waals surface area contributed by atoms with Gasteiger partial charge in [-0.25, -0.2) is 4.79 Å². The summed E-state index contributed by atoms with van der Waals surface area (Å²) in [5.74, 6) is 0.0191. The smallest absolute Gasteiger partial charge is 0.339 e. The zero-order chi connectivity index (χ0) is 23.7. The summed E-state index contributed by atoms with van der Waals surface area (Å²) in [7, 11) is 0. The first-order valence-corrected chi connectivity index (χ1v) is 10.5. The van der Waals surface area contributed by atoms with Crippen LogP contribution in [0.15, 0.2) is 54.6 Å². The molecular formula is C26H24N4O3. The number of carbonyl (C=O) groups is 1. The number of rotatable bonds is 5. The van der Waals surface area contributed by atoms with Gasteiger partial charge in [-0.15, -0.1) is 0 Å². The van der Waals surface area contributed by atoms with E-state index in [2.05, 4.69) is 11.1 Å². The predicted molar refractivity (Wildman–Crippen MR) is 127 cm³/mol. The molecule has 2 heterocycles. The Morgan fingerprint density at radius 1 is 1.18 bits per heavy atom. The third kappa shape index (κ3) is 3.72. The molecule has 0 saturated carbocycles. The number of phenolic OH excluding ortho intramolecular Hbond substituents is 1. The van der Waals surface area contributed by atoms with E-state index in [-0.39, 0.29) is 12.4 Å². The lowest BCUT2D eigenvalue weighted by molar-refractivity contribution is 0.0525. The molecule has 0 saturated heterocycles. The Labute approximate surface area is 191 Å². The molecule has 4 N–H and O–H groups in total. The van der Waals surface area contributed by atoms with Crippen molar-refractivity contribution in [1.29, 1.82) is 5.26 Å². The Kier molecular flexibility index (Phi) is 5.67. The van der Waals surface area contributed by atoms with Crippen molar-refractivity contribution in [3.8, 4) is 40.2 Å². The largest absolute Gasteiger partial charge is 0.507 e. The van der Waals surface area contributed by atoms with Crippen molar-refractivity contribution in [2.24, 2.45) is 0 Å². The van der Waals surface area contributed by atoms with Gasteiger partial charge in [-0.05, 0) is 56.2 Å². The summed E-state index contributed by atoms with van der Waals surface area (Å²) in [6.45, 7) is 5.62. The molecule has 0 atom stereocenters. The molecule has 0 aliphatic heterocycles. The zero-order valence-electron chi connectivity index (χ0n) is 18.6. The number of nitrogens with zero attached hydrogens (tertiary/aromatic N) is 2. The minimum atomic E-state index is -0.483. The van der Waals surface area contributed by atoms with E-state index < -0.39 is 5.97 Å². The Morgan fingerprint density at radius 3 is 2.58 bits per heavy atom. The molecule has 0 fully saturated rings. The van der Waals surface area contributed by atoms with Gasteiger partial charge in [-0.2, -0.15) is 5.26 Å². The second kappa shape index (κ2) is 8.60. The van der Waals surface area contributed by atoms with Crippen molar-refractivity contribution in [2.45, 2.75) is 20.8 Å². The number of carbonyl (C=O) groups excluding carboxylic acids is 1. The molecule has 7 heteroatoms. The van der Waals surface area contributed by atoms with Gasteiger partial charge >= 0.3 is 5.97 Å². The highest BCUT2D eigenvalue weighted by molar-refractivity contribution is 5.94. The van der Waals surface area contributed by atoms with Gasteiger partial charge in [0.25, 0.3) is 0 Å². The Balaban J connectivity index is 2.04. The van der Waals surface area contributed by atoms with Gasteiger partial charge in [0, 0.05) is 16.9 Å². The molecule has 0 radical (unpaired) electrons. The molecule has 2 aromatic heterocycles. The molecule has 7 nitrogen and oxygen atoms in total. The van der Waals surface area contributed by atoms with Crippen LogP contribution in [-0.2, 0) is 4.74 Å². The van der Waals surface area contributed by atoms with E-state index in [0.29, 0.717) is 39.6 Å². The van der Waals surface area contributed by atoms with Gasteiger partial charge in [0.15, 0.2) is 0 Å². The highest BCUT2D eigenvalue weighted by atomic mass is 16.5. The summed E-state index contributed by atoms with van der Waals surface area (Å²) < 4.78 is 7.01. The Morgan fingerprint density at radius 2 is 1.91 bits per heavy atom. The number of nitrogens with one attached hydrogen (secondary N) is 1. The van der Waals surface area contributed by atoms with Crippen LogP contribution in [0.25, 0.3) is 28.3 Å². The van der Waals surface area contributed by atoms with E-state index in [9.17, 15) is 15.2 Å². The van der Waals surface area contributed by atoms with Crippen LogP contribution >= 0.6 is 0 Å². The summed E-state index contributed by atoms with van der Waals surface area (Å²) in [5.41, 5.74) is 11.3. The number of nitriles is 1. The molecule has 0 bridgehead atoms. The molecule has 0 aliphatic carbocycles. The molecule has 4 aromatic rings. The standard InChI is InChI=1S/C26H24N4O3/c1-4-33-26(32)19-13-22(20-12-18(28)10-11-23(20)31)30(16(19)3)25-21(14-27)15(2)24(29-25)17-8-6-5-7-9-17/h5-13,29,31H,4,28H2,1-3H3. The van der Waals surface area contributed by atoms with Crippen LogP contribution in [-0.4, -0.2) is 27.2 Å². The fourth-order valence-corrected chi connectivity index (χ4v) is 4.04. The second-order valence-corrected chi connectivity index (χ2v) is 7.69. The first-order valence-electron chi connectivity index (χ1n) is 10.5. The monoisotopic (exact) mass is 440 g/mol. The van der Waals surface area contributed by atoms with E-state index in [4.69, 9.17) is 10.5 Å². The molecule has 0 amide bonds. The summed E-state index contributed by atoms with van der Waals surface area (Å²) in [6, 6.07) is 18.4. The minimum absolute atomic E-state index is 0.00317. The van der Waals surface area contributed by atoms with Gasteiger partial charge in [-0.1, -0.05) is 30.3 Å². The lowest BCUT2D eigenvalue weighted by Crippen LogP contribution is -2.07. The predicted octanol–water partition coefficient (Wildman–Crippen LogP) is 5.09. The number of aromatic amines is 1. The summed E-state index contributed by atoms with van der Waals surface area (Å²) in [6.07, 6.45) is 0. The zero-order valence-corrected chi connectivity index (χ0v) is 18.6. The van der Waals surface area contributed by atoms with Crippen molar-refractivity contribution in [3.05, 3.63) is 77.0 Å². The summed E-state index contributed by atoms with van der Waals surface area (Å²) >= 11 is 0. The van der Waals surface area contributed by atoms with Gasteiger partial charge < -0.3 is 20.6 Å². The highest BCUT2D eigenvalue weighted by Crippen LogP contribution is 2.38. The maximum atomic E-state index is 12.7. The molecule has 0 spiro atoms. The maximum absolute atomic E-state index is 12.7. The number of esters is 1. The van der Waals surface area contributed by atoms with Crippen LogP contribution in [0, 0.1) is 25.2 Å². The van der Waals surface area contributed by atoms with Crippen molar-refractivity contribution < 1.29 is 14.6 Å². The first kappa shape index (κ1) is 21.8. The van der Waals surface area contributed by atoms with Crippen LogP contribution in [0.3, 0.4) is 0 Å². The number of aromatic nitrogens is 2. The fourth-order valence-electron chi connectivity index (χ4n) is 4.04. The molecular weight excluding hydrogens is 416 g/mol. The average molecular weight is 441 g/mol. The molecule has 33 heavy (non-hydrogen) atoms. The van der Waals surface area contributed by atoms with Gasteiger partial charge in [0.2, 0.25) is 0 Å². The number of nitrogen functional groups attached to an aromatic ring is 1. The van der Waals surface area contributed by atoms with Gasteiger partial charge in [-0.3, -0.25) is 4.57 Å². The quantitative estimate of drug-likeness (QED) is 0.227. The Hall–Kier alpha value is -4.44. The van der Waals surface area contributed by atoms with E-state index in [1.54, 1.807) is 36.6 Å². The molecule has 4 rings (SSSR count). The topological polar surface area (TPSA) is 117 Å². The van der Waals surface area contributed by atoms with Crippen LogP contribution in [0.4, 0.5) is 5.69 Å². The number of ether oxygens (including phenoxy) is 1. The second-order valence-electron chi connectivity index (χ2n) is 7.69. The van der Waals surface area contributed by atoms with Gasteiger partial charge in [0.05, 0.1) is 29.1 Å². The van der Waals surface area contributed by atoms with E-state index in [1.807, 2.05) is 37.3 Å². The van der Waals surface area contributed by atoms with Crippen LogP contribution in [0.2, 0.25) is 0 Å². The highest BCUT2D eigenvalue weighted by Gasteiger charge is 2.26. The number of aromatic hydroxyl groups is 1. The summed E-state index contributed by atoms with van der Waals surface area (Å²) in [4.78, 5) is 16.1. The molecule has 0 unspecified atom stereocenters. The van der Waals surface area contributed by atoms with Crippen molar-refractivity contribution >= 4 is 11.7 Å². The number of anilines is 1. The number of nitrogens with two attached hydrogens (primary N) is 1. The van der Waals surface area contributed by atoms with E-state index in [1.165, 1.54) is 6.07 Å². The maximum Gasteiger partial charge on any atom is 0.339 e. The number of hydrogen-bond acceptors (Lipinski definition) is 5. The third-order valence-electron chi connectivity index (χ3n) is 5.67. The molecule has 2 aromatic carbocycles. The van der Waals surface area contributed by atoms with Crippen molar-refractivity contribution in [3.63, 3.8) is 0 Å². The van der Waals surface area contributed by atoms with Crippen LogP contribution in [0.1, 0.15) is 34.1 Å². The number of H-pyrrole nitrogens is 1. The number of benzene rings is 2. The third-order valence-corrected chi connectivity index (χ3v) is 5.67. The fraction of sp³-hybridized carbons (Fsp3) is 0.154. The van der Waals surface area contributed by atoms with Crippen LogP contribution in [0.5, 0.6) is 5.75 Å². The normalized spacial score (nSPS) is 10.7. The van der Waals surface area contributed by atoms with Gasteiger partial charge in [0.1, 0.15) is 17.6 Å². The number of hydrogen-bond donors (Lipinski definition) is 3. The number of phenols is 1. The SMILES string of the molecule is CCOC(=O)c1cc(-c2cc(N)ccc2O)n(-c2[nH]c(-c3ccccc3)c(C)c2C#N)c1C. The van der Waals surface area contributed by atoms with E-state index in [0.717, 1.165) is 16.8 Å². The van der Waals surface area contributed by atoms with Crippen molar-refractivity contribution in [1.82, 2.24) is 9.55 Å². The molecule has 166 valence electrons. The lowest BCUT2D eigenvalue weighted by Gasteiger charge is -2.13. The summed E-state index contributed by atoms with van der Waals surface area (Å²) in [5, 5.41) is 20.6. The first-order chi connectivity index (χ1) is 15.9. The minimum Gasteiger partial charge on any atom is -0.507 e.